The summed E-state index contributed by atoms with van der Waals surface area (Å²) in [4.78, 5) is 0. The molecule has 0 aromatic heterocycles. The zero-order valence-corrected chi connectivity index (χ0v) is 12.1. The van der Waals surface area contributed by atoms with Crippen LogP contribution in [0.25, 0.3) is 0 Å². The Morgan fingerprint density at radius 3 is 1.82 bits per heavy atom. The summed E-state index contributed by atoms with van der Waals surface area (Å²) in [5, 5.41) is 0. The second kappa shape index (κ2) is 10.7. The molecule has 0 radical (unpaired) electrons. The summed E-state index contributed by atoms with van der Waals surface area (Å²) in [7, 11) is 0. The van der Waals surface area contributed by atoms with Crippen molar-refractivity contribution in [2.24, 2.45) is 0 Å². The number of terminal acetylenes is 1. The number of unbranched alkanes of at least 4 members (excludes halogenated alkanes) is 8. The molecule has 0 fully saturated rings. The van der Waals surface area contributed by atoms with Crippen LogP contribution in [-0.2, 0) is 4.74 Å². The minimum atomic E-state index is -0.389. The van der Waals surface area contributed by atoms with E-state index in [1.165, 1.54) is 51.4 Å². The molecule has 0 bridgehead atoms. The van der Waals surface area contributed by atoms with Gasteiger partial charge in [-0.2, -0.15) is 0 Å². The molecule has 0 saturated heterocycles. The van der Waals surface area contributed by atoms with E-state index in [1.807, 2.05) is 13.8 Å². The second-order valence-corrected chi connectivity index (χ2v) is 5.33. The van der Waals surface area contributed by atoms with Gasteiger partial charge in [0, 0.05) is 6.61 Å². The minimum absolute atomic E-state index is 0.389. The molecule has 0 spiro atoms. The van der Waals surface area contributed by atoms with Gasteiger partial charge in [0.05, 0.1) is 0 Å². The van der Waals surface area contributed by atoms with Crippen LogP contribution in [0.3, 0.4) is 0 Å². The Morgan fingerprint density at radius 2 is 1.35 bits per heavy atom. The van der Waals surface area contributed by atoms with Gasteiger partial charge in [0.1, 0.15) is 5.60 Å². The van der Waals surface area contributed by atoms with Crippen molar-refractivity contribution < 1.29 is 4.74 Å². The standard InChI is InChI=1S/C16H30O/c1-5-7-8-9-10-11-12-13-14-15-17-16(3,4)6-2/h2H,5,7-15H2,1,3-4H3. The normalized spacial score (nSPS) is 11.4. The van der Waals surface area contributed by atoms with Crippen molar-refractivity contribution in [2.45, 2.75) is 84.2 Å². The third kappa shape index (κ3) is 11.8. The minimum Gasteiger partial charge on any atom is -0.363 e. The van der Waals surface area contributed by atoms with Crippen LogP contribution < -0.4 is 0 Å². The summed E-state index contributed by atoms with van der Waals surface area (Å²) in [6.45, 7) is 6.95. The first-order valence-electron chi connectivity index (χ1n) is 7.24. The Morgan fingerprint density at radius 1 is 0.882 bits per heavy atom. The number of hydrogen-bond donors (Lipinski definition) is 0. The summed E-state index contributed by atoms with van der Waals surface area (Å²) < 4.78 is 5.60. The predicted molar refractivity (Wildman–Crippen MR) is 76.1 cm³/mol. The number of hydrogen-bond acceptors (Lipinski definition) is 1. The van der Waals surface area contributed by atoms with Crippen LogP contribution in [0.5, 0.6) is 0 Å². The summed E-state index contributed by atoms with van der Waals surface area (Å²) in [6.07, 6.45) is 17.4. The fourth-order valence-corrected chi connectivity index (χ4v) is 1.78. The van der Waals surface area contributed by atoms with Crippen molar-refractivity contribution in [3.8, 4) is 12.3 Å². The van der Waals surface area contributed by atoms with Gasteiger partial charge < -0.3 is 4.74 Å². The number of ether oxygens (including phenoxy) is 1. The fraction of sp³-hybridized carbons (Fsp3) is 0.875. The first kappa shape index (κ1) is 16.5. The molecule has 0 aliphatic rings. The van der Waals surface area contributed by atoms with Crippen LogP contribution in [0.15, 0.2) is 0 Å². The van der Waals surface area contributed by atoms with Gasteiger partial charge in [0.15, 0.2) is 0 Å². The Hall–Kier alpha value is -0.480. The topological polar surface area (TPSA) is 9.23 Å². The molecule has 0 heterocycles. The average Bonchev–Trinajstić information content (AvgIpc) is 2.31. The summed E-state index contributed by atoms with van der Waals surface area (Å²) in [5.74, 6) is 2.65. The molecular formula is C16H30O. The van der Waals surface area contributed by atoms with Gasteiger partial charge in [-0.05, 0) is 20.3 Å². The second-order valence-electron chi connectivity index (χ2n) is 5.33. The highest BCUT2D eigenvalue weighted by Crippen LogP contribution is 2.11. The highest BCUT2D eigenvalue weighted by atomic mass is 16.5. The Kier molecular flexibility index (Phi) is 10.4. The van der Waals surface area contributed by atoms with E-state index >= 15 is 0 Å². The highest BCUT2D eigenvalue weighted by Gasteiger charge is 2.12. The van der Waals surface area contributed by atoms with Crippen molar-refractivity contribution in [3.63, 3.8) is 0 Å². The van der Waals surface area contributed by atoms with E-state index in [-0.39, 0.29) is 5.60 Å². The lowest BCUT2D eigenvalue weighted by Gasteiger charge is -2.18. The van der Waals surface area contributed by atoms with E-state index in [4.69, 9.17) is 11.2 Å². The summed E-state index contributed by atoms with van der Waals surface area (Å²) >= 11 is 0. The maximum absolute atomic E-state index is 5.60. The maximum Gasteiger partial charge on any atom is 0.122 e. The van der Waals surface area contributed by atoms with Crippen molar-refractivity contribution >= 4 is 0 Å². The zero-order chi connectivity index (χ0) is 13.0. The van der Waals surface area contributed by atoms with Gasteiger partial charge in [-0.1, -0.05) is 64.2 Å². The SMILES string of the molecule is C#CC(C)(C)OCCCCCCCCCCC. The smallest absolute Gasteiger partial charge is 0.122 e. The fourth-order valence-electron chi connectivity index (χ4n) is 1.78. The molecule has 1 nitrogen and oxygen atoms in total. The monoisotopic (exact) mass is 238 g/mol. The largest absolute Gasteiger partial charge is 0.363 e. The molecule has 0 atom stereocenters. The summed E-state index contributed by atoms with van der Waals surface area (Å²) in [5.41, 5.74) is -0.389. The maximum atomic E-state index is 5.60. The van der Waals surface area contributed by atoms with Crippen LogP contribution in [0.4, 0.5) is 0 Å². The average molecular weight is 238 g/mol. The van der Waals surface area contributed by atoms with Gasteiger partial charge >= 0.3 is 0 Å². The lowest BCUT2D eigenvalue weighted by Crippen LogP contribution is -2.22. The molecule has 0 N–H and O–H groups in total. The van der Waals surface area contributed by atoms with Crippen LogP contribution >= 0.6 is 0 Å². The van der Waals surface area contributed by atoms with E-state index < -0.39 is 0 Å². The van der Waals surface area contributed by atoms with E-state index in [0.717, 1.165) is 13.0 Å². The first-order chi connectivity index (χ1) is 8.12. The van der Waals surface area contributed by atoms with Crippen LogP contribution in [0.1, 0.15) is 78.6 Å². The van der Waals surface area contributed by atoms with Crippen LogP contribution in [-0.4, -0.2) is 12.2 Å². The predicted octanol–water partition coefficient (Wildman–Crippen LogP) is 4.95. The van der Waals surface area contributed by atoms with Gasteiger partial charge in [0.2, 0.25) is 0 Å². The Labute approximate surface area is 108 Å². The third-order valence-electron chi connectivity index (χ3n) is 3.06. The molecule has 0 rings (SSSR count). The van der Waals surface area contributed by atoms with Gasteiger partial charge in [0.25, 0.3) is 0 Å². The molecule has 0 aromatic carbocycles. The molecule has 0 aromatic rings. The van der Waals surface area contributed by atoms with Crippen LogP contribution in [0, 0.1) is 12.3 Å². The lowest BCUT2D eigenvalue weighted by molar-refractivity contribution is 0.0248. The molecule has 1 heteroatoms. The van der Waals surface area contributed by atoms with Gasteiger partial charge in [-0.25, -0.2) is 0 Å². The first-order valence-corrected chi connectivity index (χ1v) is 7.24. The van der Waals surface area contributed by atoms with E-state index in [2.05, 4.69) is 12.8 Å². The molecule has 0 saturated carbocycles. The lowest BCUT2D eigenvalue weighted by atomic mass is 10.1. The molecule has 100 valence electrons. The van der Waals surface area contributed by atoms with Crippen LogP contribution in [0.2, 0.25) is 0 Å². The molecule has 0 aliphatic carbocycles. The molecular weight excluding hydrogens is 208 g/mol. The van der Waals surface area contributed by atoms with Crippen molar-refractivity contribution in [2.75, 3.05) is 6.61 Å². The molecule has 17 heavy (non-hydrogen) atoms. The van der Waals surface area contributed by atoms with Gasteiger partial charge in [-0.3, -0.25) is 0 Å². The molecule has 0 aliphatic heterocycles. The molecule has 0 unspecified atom stereocenters. The molecule has 0 amide bonds. The Balaban J connectivity index is 3.12. The quantitative estimate of drug-likeness (QED) is 0.366. The van der Waals surface area contributed by atoms with Crippen molar-refractivity contribution in [1.82, 2.24) is 0 Å². The zero-order valence-electron chi connectivity index (χ0n) is 12.1. The highest BCUT2D eigenvalue weighted by molar-refractivity contribution is 5.02. The van der Waals surface area contributed by atoms with E-state index in [1.54, 1.807) is 0 Å². The van der Waals surface area contributed by atoms with Crippen molar-refractivity contribution in [3.05, 3.63) is 0 Å². The Bertz CT molecular complexity index is 200. The van der Waals surface area contributed by atoms with E-state index in [9.17, 15) is 0 Å². The van der Waals surface area contributed by atoms with Crippen molar-refractivity contribution in [1.29, 1.82) is 0 Å². The van der Waals surface area contributed by atoms with Gasteiger partial charge in [-0.15, -0.1) is 6.42 Å². The number of rotatable bonds is 11. The summed E-state index contributed by atoms with van der Waals surface area (Å²) in [6, 6.07) is 0. The van der Waals surface area contributed by atoms with E-state index in [0.29, 0.717) is 0 Å². The third-order valence-corrected chi connectivity index (χ3v) is 3.06.